The van der Waals surface area contributed by atoms with Gasteiger partial charge in [-0.1, -0.05) is 19.1 Å². The van der Waals surface area contributed by atoms with Gasteiger partial charge in [0.1, 0.15) is 5.75 Å². The summed E-state index contributed by atoms with van der Waals surface area (Å²) < 4.78 is 9.33. The normalized spacial score (nSPS) is 8.75. The third kappa shape index (κ3) is 5.36. The van der Waals surface area contributed by atoms with Crippen molar-refractivity contribution in [3.63, 3.8) is 0 Å². The van der Waals surface area contributed by atoms with Crippen LogP contribution in [-0.2, 0) is 9.53 Å². The molecule has 4 heteroatoms. The van der Waals surface area contributed by atoms with Gasteiger partial charge >= 0.3 is 0 Å². The number of para-hydroxylation sites is 2. The molecule has 1 rings (SSSR count). The molecule has 0 spiro atoms. The molecule has 1 N–H and O–H groups in total. The third-order valence-electron chi connectivity index (χ3n) is 1.70. The summed E-state index contributed by atoms with van der Waals surface area (Å²) >= 11 is 0. The summed E-state index contributed by atoms with van der Waals surface area (Å²) in [6.45, 7) is 1.81. The number of ether oxygens (including phenoxy) is 2. The van der Waals surface area contributed by atoms with Crippen molar-refractivity contribution in [2.45, 2.75) is 13.3 Å². The van der Waals surface area contributed by atoms with E-state index in [1.54, 1.807) is 21.3 Å². The Morgan fingerprint density at radius 1 is 1.25 bits per heavy atom. The summed E-state index contributed by atoms with van der Waals surface area (Å²) in [4.78, 5) is 11.1. The fraction of sp³-hybridized carbons (Fsp3) is 0.417. The summed E-state index contributed by atoms with van der Waals surface area (Å²) in [5.74, 6) is 0.675. The topological polar surface area (TPSA) is 47.6 Å². The van der Waals surface area contributed by atoms with Crippen LogP contribution in [0.25, 0.3) is 0 Å². The first-order chi connectivity index (χ1) is 7.69. The number of amides is 1. The SMILES string of the molecule is CCC(=O)Nc1ccccc1OC.COC. The van der Waals surface area contributed by atoms with E-state index >= 15 is 0 Å². The Hall–Kier alpha value is -1.55. The Balaban J connectivity index is 0.000000673. The smallest absolute Gasteiger partial charge is 0.224 e. The number of anilines is 1. The summed E-state index contributed by atoms with van der Waals surface area (Å²) in [6.07, 6.45) is 0.470. The summed E-state index contributed by atoms with van der Waals surface area (Å²) in [5.41, 5.74) is 0.719. The van der Waals surface area contributed by atoms with Gasteiger partial charge < -0.3 is 14.8 Å². The zero-order chi connectivity index (χ0) is 12.4. The number of carbonyl (C=O) groups is 1. The molecule has 16 heavy (non-hydrogen) atoms. The van der Waals surface area contributed by atoms with Gasteiger partial charge in [-0.25, -0.2) is 0 Å². The van der Waals surface area contributed by atoms with Gasteiger partial charge in [-0.15, -0.1) is 0 Å². The van der Waals surface area contributed by atoms with Crippen molar-refractivity contribution in [1.82, 2.24) is 0 Å². The molecule has 1 amide bonds. The average Bonchev–Trinajstić information content (AvgIpc) is 2.30. The minimum atomic E-state index is -0.00972. The summed E-state index contributed by atoms with van der Waals surface area (Å²) in [7, 11) is 4.83. The van der Waals surface area contributed by atoms with Crippen LogP contribution in [0.2, 0.25) is 0 Å². The van der Waals surface area contributed by atoms with Crippen molar-refractivity contribution in [1.29, 1.82) is 0 Å². The van der Waals surface area contributed by atoms with E-state index in [2.05, 4.69) is 10.1 Å². The molecule has 0 saturated heterocycles. The average molecular weight is 225 g/mol. The lowest BCUT2D eigenvalue weighted by molar-refractivity contribution is -0.115. The van der Waals surface area contributed by atoms with E-state index in [1.807, 2.05) is 31.2 Å². The van der Waals surface area contributed by atoms with Crippen LogP contribution in [0.5, 0.6) is 5.75 Å². The Labute approximate surface area is 96.6 Å². The van der Waals surface area contributed by atoms with Gasteiger partial charge in [0.25, 0.3) is 0 Å². The third-order valence-corrected chi connectivity index (χ3v) is 1.70. The number of rotatable bonds is 3. The Bertz CT molecular complexity index is 313. The predicted molar refractivity (Wildman–Crippen MR) is 64.8 cm³/mol. The fourth-order valence-corrected chi connectivity index (χ4v) is 0.987. The number of hydrogen-bond acceptors (Lipinski definition) is 3. The Kier molecular flexibility index (Phi) is 7.89. The van der Waals surface area contributed by atoms with Crippen molar-refractivity contribution in [2.24, 2.45) is 0 Å². The van der Waals surface area contributed by atoms with Gasteiger partial charge in [-0.3, -0.25) is 4.79 Å². The van der Waals surface area contributed by atoms with Crippen molar-refractivity contribution >= 4 is 11.6 Å². The maximum Gasteiger partial charge on any atom is 0.224 e. The van der Waals surface area contributed by atoms with Gasteiger partial charge in [-0.05, 0) is 12.1 Å². The van der Waals surface area contributed by atoms with Gasteiger partial charge in [0.15, 0.2) is 0 Å². The zero-order valence-corrected chi connectivity index (χ0v) is 10.2. The quantitative estimate of drug-likeness (QED) is 0.858. The molecule has 0 saturated carbocycles. The van der Waals surface area contributed by atoms with E-state index in [4.69, 9.17) is 4.74 Å². The van der Waals surface area contributed by atoms with E-state index in [1.165, 1.54) is 0 Å². The molecule has 1 aromatic carbocycles. The first-order valence-electron chi connectivity index (χ1n) is 5.02. The molecule has 90 valence electrons. The second-order valence-corrected chi connectivity index (χ2v) is 3.01. The highest BCUT2D eigenvalue weighted by molar-refractivity contribution is 5.91. The molecule has 0 fully saturated rings. The highest BCUT2D eigenvalue weighted by Crippen LogP contribution is 2.22. The number of carbonyl (C=O) groups excluding carboxylic acids is 1. The largest absolute Gasteiger partial charge is 0.495 e. The second-order valence-electron chi connectivity index (χ2n) is 3.01. The number of nitrogens with one attached hydrogen (secondary N) is 1. The van der Waals surface area contributed by atoms with E-state index in [9.17, 15) is 4.79 Å². The van der Waals surface area contributed by atoms with E-state index < -0.39 is 0 Å². The molecule has 0 aliphatic carbocycles. The van der Waals surface area contributed by atoms with E-state index in [-0.39, 0.29) is 5.91 Å². The molecular weight excluding hydrogens is 206 g/mol. The molecule has 0 aromatic heterocycles. The first kappa shape index (κ1) is 14.5. The summed E-state index contributed by atoms with van der Waals surface area (Å²) in [5, 5.41) is 2.75. The zero-order valence-electron chi connectivity index (χ0n) is 10.2. The van der Waals surface area contributed by atoms with Crippen LogP contribution in [0.3, 0.4) is 0 Å². The number of methoxy groups -OCH3 is 2. The lowest BCUT2D eigenvalue weighted by Gasteiger charge is -2.08. The number of benzene rings is 1. The van der Waals surface area contributed by atoms with Gasteiger partial charge in [0, 0.05) is 20.6 Å². The molecule has 0 aliphatic rings. The maximum absolute atomic E-state index is 11.1. The Morgan fingerprint density at radius 3 is 2.31 bits per heavy atom. The molecule has 4 nitrogen and oxygen atoms in total. The van der Waals surface area contributed by atoms with Gasteiger partial charge in [-0.2, -0.15) is 0 Å². The first-order valence-corrected chi connectivity index (χ1v) is 5.02. The van der Waals surface area contributed by atoms with Crippen LogP contribution in [0.1, 0.15) is 13.3 Å². The monoisotopic (exact) mass is 225 g/mol. The van der Waals surface area contributed by atoms with Crippen LogP contribution in [0.15, 0.2) is 24.3 Å². The van der Waals surface area contributed by atoms with Crippen LogP contribution in [0, 0.1) is 0 Å². The fourth-order valence-electron chi connectivity index (χ4n) is 0.987. The minimum Gasteiger partial charge on any atom is -0.495 e. The van der Waals surface area contributed by atoms with Crippen molar-refractivity contribution in [3.8, 4) is 5.75 Å². The highest BCUT2D eigenvalue weighted by atomic mass is 16.5. The molecule has 0 unspecified atom stereocenters. The van der Waals surface area contributed by atoms with Crippen LogP contribution in [0.4, 0.5) is 5.69 Å². The molecular formula is C12H19NO3. The lowest BCUT2D eigenvalue weighted by atomic mass is 10.3. The Morgan fingerprint density at radius 2 is 1.81 bits per heavy atom. The molecule has 0 atom stereocenters. The van der Waals surface area contributed by atoms with Crippen molar-refractivity contribution in [3.05, 3.63) is 24.3 Å². The molecule has 0 heterocycles. The molecule has 0 bridgehead atoms. The number of hydrogen-bond donors (Lipinski definition) is 1. The minimum absolute atomic E-state index is 0.00972. The van der Waals surface area contributed by atoms with Crippen LogP contribution >= 0.6 is 0 Å². The van der Waals surface area contributed by atoms with E-state index in [0.717, 1.165) is 5.69 Å². The van der Waals surface area contributed by atoms with E-state index in [0.29, 0.717) is 12.2 Å². The molecule has 0 aliphatic heterocycles. The highest BCUT2D eigenvalue weighted by Gasteiger charge is 2.03. The second kappa shape index (κ2) is 8.73. The van der Waals surface area contributed by atoms with Gasteiger partial charge in [0.2, 0.25) is 5.91 Å². The lowest BCUT2D eigenvalue weighted by Crippen LogP contribution is -2.10. The standard InChI is InChI=1S/C10H13NO2.C2H6O/c1-3-10(12)11-8-6-4-5-7-9(8)13-2;1-3-2/h4-7H,3H2,1-2H3,(H,11,12);1-2H3. The molecule has 0 radical (unpaired) electrons. The molecule has 1 aromatic rings. The van der Waals surface area contributed by atoms with Gasteiger partial charge in [0.05, 0.1) is 12.8 Å². The van der Waals surface area contributed by atoms with Crippen LogP contribution in [-0.4, -0.2) is 27.2 Å². The van der Waals surface area contributed by atoms with Crippen LogP contribution < -0.4 is 10.1 Å². The van der Waals surface area contributed by atoms with Crippen molar-refractivity contribution in [2.75, 3.05) is 26.6 Å². The predicted octanol–water partition coefficient (Wildman–Crippen LogP) is 2.31. The summed E-state index contributed by atoms with van der Waals surface area (Å²) in [6, 6.07) is 7.34. The van der Waals surface area contributed by atoms with Crippen molar-refractivity contribution < 1.29 is 14.3 Å². The maximum atomic E-state index is 11.1.